The van der Waals surface area contributed by atoms with Gasteiger partial charge in [0.05, 0.1) is 12.7 Å². The Balaban J connectivity index is 1.99. The fourth-order valence-electron chi connectivity index (χ4n) is 1.93. The molecule has 2 heterocycles. The van der Waals surface area contributed by atoms with Crippen LogP contribution in [0.15, 0.2) is 17.3 Å². The van der Waals surface area contributed by atoms with Crippen molar-refractivity contribution in [1.82, 2.24) is 19.8 Å². The third-order valence-corrected chi connectivity index (χ3v) is 5.58. The van der Waals surface area contributed by atoms with Crippen molar-refractivity contribution in [2.24, 2.45) is 0 Å². The van der Waals surface area contributed by atoms with E-state index in [2.05, 4.69) is 15.1 Å². The van der Waals surface area contributed by atoms with Crippen molar-refractivity contribution >= 4 is 21.8 Å². The molecule has 0 spiro atoms. The largest absolute Gasteiger partial charge is 0.318 e. The van der Waals surface area contributed by atoms with Gasteiger partial charge < -0.3 is 5.32 Å². The second kappa shape index (κ2) is 6.74. The van der Waals surface area contributed by atoms with Crippen LogP contribution in [-0.4, -0.2) is 49.3 Å². The highest BCUT2D eigenvalue weighted by atomic mass is 32.2. The number of thioether (sulfide) groups is 1. The molecule has 108 valence electrons. The van der Waals surface area contributed by atoms with E-state index in [-0.39, 0.29) is 10.9 Å². The predicted molar refractivity (Wildman–Crippen MR) is 76.8 cm³/mol. The fourth-order valence-corrected chi connectivity index (χ4v) is 4.30. The van der Waals surface area contributed by atoms with Gasteiger partial charge in [0.2, 0.25) is 10.0 Å². The molecule has 2 rings (SSSR count). The third kappa shape index (κ3) is 4.20. The molecular weight excluding hydrogens is 284 g/mol. The Morgan fingerprint density at radius 2 is 2.21 bits per heavy atom. The van der Waals surface area contributed by atoms with Crippen LogP contribution in [0.25, 0.3) is 0 Å². The van der Waals surface area contributed by atoms with Gasteiger partial charge in [-0.2, -0.15) is 16.9 Å². The van der Waals surface area contributed by atoms with Crippen molar-refractivity contribution in [2.45, 2.75) is 30.3 Å². The van der Waals surface area contributed by atoms with Gasteiger partial charge in [-0.1, -0.05) is 0 Å². The van der Waals surface area contributed by atoms with Gasteiger partial charge in [0, 0.05) is 18.8 Å². The van der Waals surface area contributed by atoms with Gasteiger partial charge in [0.1, 0.15) is 4.90 Å². The van der Waals surface area contributed by atoms with E-state index in [1.165, 1.54) is 6.20 Å². The standard InChI is InChI=1S/C11H20N4O2S2/c1-12-4-5-15-9-11(8-13-15)19(16,17)14-10-2-6-18-7-3-10/h8-10,12,14H,2-7H2,1H3. The lowest BCUT2D eigenvalue weighted by Gasteiger charge is -2.21. The van der Waals surface area contributed by atoms with Gasteiger partial charge in [-0.3, -0.25) is 4.68 Å². The molecule has 1 aliphatic rings. The minimum Gasteiger partial charge on any atom is -0.318 e. The molecule has 1 aliphatic heterocycles. The number of aromatic nitrogens is 2. The summed E-state index contributed by atoms with van der Waals surface area (Å²) >= 11 is 1.88. The maximum absolute atomic E-state index is 12.2. The highest BCUT2D eigenvalue weighted by molar-refractivity contribution is 7.99. The Labute approximate surface area is 118 Å². The maximum atomic E-state index is 12.2. The summed E-state index contributed by atoms with van der Waals surface area (Å²) in [6, 6.07) is 0.0620. The van der Waals surface area contributed by atoms with E-state index in [9.17, 15) is 8.42 Å². The predicted octanol–water partition coefficient (Wildman–Crippen LogP) is 0.276. The lowest BCUT2D eigenvalue weighted by molar-refractivity contribution is 0.528. The first-order valence-corrected chi connectivity index (χ1v) is 9.03. The lowest BCUT2D eigenvalue weighted by atomic mass is 10.2. The minimum atomic E-state index is -3.43. The summed E-state index contributed by atoms with van der Waals surface area (Å²) in [6.07, 6.45) is 4.79. The minimum absolute atomic E-state index is 0.0620. The van der Waals surface area contributed by atoms with Crippen LogP contribution in [0.5, 0.6) is 0 Å². The molecule has 0 bridgehead atoms. The van der Waals surface area contributed by atoms with E-state index in [1.807, 2.05) is 18.8 Å². The molecule has 2 N–H and O–H groups in total. The second-order valence-corrected chi connectivity index (χ2v) is 7.49. The molecule has 0 atom stereocenters. The lowest BCUT2D eigenvalue weighted by Crippen LogP contribution is -2.37. The summed E-state index contributed by atoms with van der Waals surface area (Å²) in [5, 5.41) is 7.07. The van der Waals surface area contributed by atoms with Crippen LogP contribution in [0, 0.1) is 0 Å². The van der Waals surface area contributed by atoms with E-state index in [0.717, 1.165) is 30.9 Å². The topological polar surface area (TPSA) is 76.0 Å². The Morgan fingerprint density at radius 3 is 2.89 bits per heavy atom. The zero-order valence-electron chi connectivity index (χ0n) is 11.0. The van der Waals surface area contributed by atoms with Crippen molar-refractivity contribution in [2.75, 3.05) is 25.1 Å². The maximum Gasteiger partial charge on any atom is 0.243 e. The van der Waals surface area contributed by atoms with E-state index < -0.39 is 10.0 Å². The highest BCUT2D eigenvalue weighted by Gasteiger charge is 2.23. The molecule has 1 fully saturated rings. The summed E-state index contributed by atoms with van der Waals surface area (Å²) in [7, 11) is -1.58. The molecule has 8 heteroatoms. The quantitative estimate of drug-likeness (QED) is 0.789. The number of rotatable bonds is 6. The van der Waals surface area contributed by atoms with E-state index in [1.54, 1.807) is 10.9 Å². The first kappa shape index (κ1) is 14.8. The number of sulfonamides is 1. The van der Waals surface area contributed by atoms with Gasteiger partial charge in [0.15, 0.2) is 0 Å². The Kier molecular flexibility index (Phi) is 5.26. The molecule has 0 radical (unpaired) electrons. The summed E-state index contributed by atoms with van der Waals surface area (Å²) < 4.78 is 28.8. The van der Waals surface area contributed by atoms with Gasteiger partial charge in [0.25, 0.3) is 0 Å². The molecule has 0 amide bonds. The summed E-state index contributed by atoms with van der Waals surface area (Å²) in [5.74, 6) is 2.04. The number of likely N-dealkylation sites (N-methyl/N-ethyl adjacent to an activating group) is 1. The molecule has 0 aliphatic carbocycles. The molecule has 6 nitrogen and oxygen atoms in total. The smallest absolute Gasteiger partial charge is 0.243 e. The number of hydrogen-bond donors (Lipinski definition) is 2. The van der Waals surface area contributed by atoms with Crippen LogP contribution in [0.4, 0.5) is 0 Å². The Morgan fingerprint density at radius 1 is 1.47 bits per heavy atom. The number of nitrogens with zero attached hydrogens (tertiary/aromatic N) is 2. The molecule has 0 aromatic carbocycles. The van der Waals surface area contributed by atoms with Crippen molar-refractivity contribution in [1.29, 1.82) is 0 Å². The van der Waals surface area contributed by atoms with Crippen LogP contribution in [0.2, 0.25) is 0 Å². The summed E-state index contributed by atoms with van der Waals surface area (Å²) in [5.41, 5.74) is 0. The Hall–Kier alpha value is -0.570. The highest BCUT2D eigenvalue weighted by Crippen LogP contribution is 2.19. The van der Waals surface area contributed by atoms with Gasteiger partial charge in [-0.05, 0) is 31.4 Å². The van der Waals surface area contributed by atoms with Gasteiger partial charge in [-0.25, -0.2) is 13.1 Å². The van der Waals surface area contributed by atoms with Gasteiger partial charge >= 0.3 is 0 Å². The molecule has 1 aromatic rings. The summed E-state index contributed by atoms with van der Waals surface area (Å²) in [4.78, 5) is 0.252. The average Bonchev–Trinajstić information content (AvgIpc) is 2.86. The van der Waals surface area contributed by atoms with E-state index in [4.69, 9.17) is 0 Å². The van der Waals surface area contributed by atoms with Crippen molar-refractivity contribution in [3.63, 3.8) is 0 Å². The SMILES string of the molecule is CNCCn1cc(S(=O)(=O)NC2CCSCC2)cn1. The van der Waals surface area contributed by atoms with Crippen LogP contribution in [-0.2, 0) is 16.6 Å². The van der Waals surface area contributed by atoms with Crippen molar-refractivity contribution in [3.05, 3.63) is 12.4 Å². The zero-order chi connectivity index (χ0) is 13.7. The van der Waals surface area contributed by atoms with Crippen LogP contribution >= 0.6 is 11.8 Å². The summed E-state index contributed by atoms with van der Waals surface area (Å²) in [6.45, 7) is 1.42. The van der Waals surface area contributed by atoms with E-state index >= 15 is 0 Å². The number of hydrogen-bond acceptors (Lipinski definition) is 5. The molecule has 19 heavy (non-hydrogen) atoms. The van der Waals surface area contributed by atoms with Crippen molar-refractivity contribution in [3.8, 4) is 0 Å². The van der Waals surface area contributed by atoms with Crippen LogP contribution in [0.1, 0.15) is 12.8 Å². The van der Waals surface area contributed by atoms with Crippen LogP contribution < -0.4 is 10.0 Å². The molecule has 1 saturated heterocycles. The zero-order valence-corrected chi connectivity index (χ0v) is 12.6. The van der Waals surface area contributed by atoms with Crippen LogP contribution in [0.3, 0.4) is 0 Å². The molecule has 1 aromatic heterocycles. The molecular formula is C11H20N4O2S2. The first-order chi connectivity index (χ1) is 9.12. The average molecular weight is 304 g/mol. The normalized spacial score (nSPS) is 17.7. The second-order valence-electron chi connectivity index (χ2n) is 4.55. The van der Waals surface area contributed by atoms with E-state index in [0.29, 0.717) is 6.54 Å². The van der Waals surface area contributed by atoms with Gasteiger partial charge in [-0.15, -0.1) is 0 Å². The Bertz CT molecular complexity index is 495. The molecule has 0 unspecified atom stereocenters. The monoisotopic (exact) mass is 304 g/mol. The molecule has 0 saturated carbocycles. The number of nitrogens with one attached hydrogen (secondary N) is 2. The van der Waals surface area contributed by atoms with Crippen molar-refractivity contribution < 1.29 is 8.42 Å². The third-order valence-electron chi connectivity index (χ3n) is 3.05. The first-order valence-electron chi connectivity index (χ1n) is 6.39. The fraction of sp³-hybridized carbons (Fsp3) is 0.727.